The molecule has 0 amide bonds. The maximum Gasteiger partial charge on any atom is 0.255 e. The molecule has 0 aliphatic rings. The van der Waals surface area contributed by atoms with Gasteiger partial charge in [0, 0.05) is 17.6 Å². The van der Waals surface area contributed by atoms with Crippen molar-refractivity contribution in [2.75, 3.05) is 0 Å². The molecule has 2 heterocycles. The second-order valence-corrected chi connectivity index (χ2v) is 5.96. The molecule has 4 nitrogen and oxygen atoms in total. The number of fused-ring (bicyclic) bond motifs is 2. The number of hydrogen-bond acceptors (Lipinski definition) is 3. The number of rotatable bonds is 2. The number of aryl methyl sites for hydroxylation is 1. The molecule has 2 aromatic carbocycles. The van der Waals surface area contributed by atoms with Crippen molar-refractivity contribution in [1.82, 2.24) is 4.98 Å². The van der Waals surface area contributed by atoms with Gasteiger partial charge in [0.1, 0.15) is 18.3 Å². The maximum atomic E-state index is 10.2. The molecule has 2 aromatic heterocycles. The first-order valence-corrected chi connectivity index (χ1v) is 8.00. The summed E-state index contributed by atoms with van der Waals surface area (Å²) in [6.07, 6.45) is 7.62. The van der Waals surface area contributed by atoms with Gasteiger partial charge in [0.05, 0.1) is 5.39 Å². The summed E-state index contributed by atoms with van der Waals surface area (Å²) in [6.45, 7) is 0. The Hall–Kier alpha value is -2.67. The van der Waals surface area contributed by atoms with Crippen LogP contribution in [0.4, 0.5) is 0 Å². The summed E-state index contributed by atoms with van der Waals surface area (Å²) >= 11 is 0. The Balaban J connectivity index is 0.00000196. The Morgan fingerprint density at radius 2 is 1.58 bits per heavy atom. The van der Waals surface area contributed by atoms with Crippen molar-refractivity contribution in [3.05, 3.63) is 72.1 Å². The van der Waals surface area contributed by atoms with Gasteiger partial charge in [-0.15, -0.1) is 0 Å². The monoisotopic (exact) mass is 456 g/mol. The van der Waals surface area contributed by atoms with Crippen LogP contribution in [-0.4, -0.2) is 15.2 Å². The SMILES string of the molecule is C[n+]1ccc(/C=C/c2ccc(O)c3ncccc23)c2cccc(O)c21.[I-]. The maximum absolute atomic E-state index is 10.2. The second kappa shape index (κ2) is 7.29. The highest BCUT2D eigenvalue weighted by molar-refractivity contribution is 5.96. The van der Waals surface area contributed by atoms with Gasteiger partial charge in [0.15, 0.2) is 11.9 Å². The van der Waals surface area contributed by atoms with E-state index in [4.69, 9.17) is 0 Å². The normalized spacial score (nSPS) is 11.1. The number of phenols is 2. The Labute approximate surface area is 168 Å². The summed E-state index contributed by atoms with van der Waals surface area (Å²) < 4.78 is 1.90. The zero-order chi connectivity index (χ0) is 17.4. The summed E-state index contributed by atoms with van der Waals surface area (Å²) in [4.78, 5) is 4.25. The van der Waals surface area contributed by atoms with E-state index in [2.05, 4.69) is 4.98 Å². The molecule has 4 aromatic rings. The third-order valence-electron chi connectivity index (χ3n) is 4.38. The van der Waals surface area contributed by atoms with Crippen LogP contribution in [0.25, 0.3) is 34.0 Å². The highest BCUT2D eigenvalue weighted by Crippen LogP contribution is 2.28. The van der Waals surface area contributed by atoms with E-state index < -0.39 is 0 Å². The number of nitrogens with zero attached hydrogens (tertiary/aromatic N) is 2. The second-order valence-electron chi connectivity index (χ2n) is 5.96. The van der Waals surface area contributed by atoms with Crippen molar-refractivity contribution in [3.8, 4) is 11.5 Å². The van der Waals surface area contributed by atoms with Crippen molar-refractivity contribution in [1.29, 1.82) is 0 Å². The molecule has 0 atom stereocenters. The van der Waals surface area contributed by atoms with E-state index in [0.29, 0.717) is 5.52 Å². The molecule has 2 N–H and O–H groups in total. The molecule has 0 saturated heterocycles. The van der Waals surface area contributed by atoms with Gasteiger partial charge in [-0.1, -0.05) is 30.4 Å². The van der Waals surface area contributed by atoms with Gasteiger partial charge in [0.25, 0.3) is 5.52 Å². The van der Waals surface area contributed by atoms with Crippen LogP contribution in [0.5, 0.6) is 11.5 Å². The first-order valence-electron chi connectivity index (χ1n) is 8.00. The molecule has 0 fully saturated rings. The largest absolute Gasteiger partial charge is 1.00 e. The van der Waals surface area contributed by atoms with Gasteiger partial charge in [-0.05, 0) is 35.4 Å². The van der Waals surface area contributed by atoms with Crippen LogP contribution in [0.1, 0.15) is 11.1 Å². The highest BCUT2D eigenvalue weighted by Gasteiger charge is 2.12. The molecule has 0 bridgehead atoms. The quantitative estimate of drug-likeness (QED) is 0.347. The number of aromatic nitrogens is 2. The lowest BCUT2D eigenvalue weighted by Gasteiger charge is -2.05. The van der Waals surface area contributed by atoms with Crippen molar-refractivity contribution >= 4 is 34.0 Å². The van der Waals surface area contributed by atoms with Crippen LogP contribution < -0.4 is 28.5 Å². The summed E-state index contributed by atoms with van der Waals surface area (Å²) in [6, 6.07) is 14.9. The van der Waals surface area contributed by atoms with Crippen LogP contribution in [-0.2, 0) is 7.05 Å². The lowest BCUT2D eigenvalue weighted by molar-refractivity contribution is -0.645. The molecule has 130 valence electrons. The fourth-order valence-electron chi connectivity index (χ4n) is 3.14. The fourth-order valence-corrected chi connectivity index (χ4v) is 3.14. The van der Waals surface area contributed by atoms with Crippen molar-refractivity contribution in [2.45, 2.75) is 0 Å². The molecule has 0 aliphatic carbocycles. The number of pyridine rings is 2. The third kappa shape index (κ3) is 3.10. The molecule has 0 radical (unpaired) electrons. The van der Waals surface area contributed by atoms with Crippen LogP contribution in [0, 0.1) is 0 Å². The van der Waals surface area contributed by atoms with E-state index in [9.17, 15) is 10.2 Å². The number of hydrogen-bond donors (Lipinski definition) is 2. The fraction of sp³-hybridized carbons (Fsp3) is 0.0476. The molecular formula is C21H17IN2O2. The smallest absolute Gasteiger partial charge is 0.255 e. The molecule has 0 aliphatic heterocycles. The predicted molar refractivity (Wildman–Crippen MR) is 99.1 cm³/mol. The molecule has 4 rings (SSSR count). The average Bonchev–Trinajstić information content (AvgIpc) is 2.63. The molecule has 26 heavy (non-hydrogen) atoms. The Kier molecular flexibility index (Phi) is 5.08. The predicted octanol–water partition coefficient (Wildman–Crippen LogP) is 0.798. The van der Waals surface area contributed by atoms with Crippen LogP contribution in [0.2, 0.25) is 0 Å². The van der Waals surface area contributed by atoms with Gasteiger partial charge in [-0.2, -0.15) is 4.57 Å². The summed E-state index contributed by atoms with van der Waals surface area (Å²) in [7, 11) is 1.91. The zero-order valence-corrected chi connectivity index (χ0v) is 16.3. The lowest BCUT2D eigenvalue weighted by Crippen LogP contribution is -3.00. The first-order chi connectivity index (χ1) is 12.1. The average molecular weight is 456 g/mol. The number of para-hydroxylation sites is 1. The van der Waals surface area contributed by atoms with E-state index in [1.807, 2.05) is 66.4 Å². The molecular weight excluding hydrogens is 439 g/mol. The minimum Gasteiger partial charge on any atom is -1.00 e. The van der Waals surface area contributed by atoms with Gasteiger partial charge in [-0.3, -0.25) is 4.98 Å². The Morgan fingerprint density at radius 3 is 2.38 bits per heavy atom. The Morgan fingerprint density at radius 1 is 0.846 bits per heavy atom. The zero-order valence-electron chi connectivity index (χ0n) is 14.1. The van der Waals surface area contributed by atoms with Crippen LogP contribution in [0.15, 0.2) is 60.9 Å². The van der Waals surface area contributed by atoms with Crippen LogP contribution in [0.3, 0.4) is 0 Å². The highest BCUT2D eigenvalue weighted by atomic mass is 127. The van der Waals surface area contributed by atoms with Gasteiger partial charge in [-0.25, -0.2) is 0 Å². The summed E-state index contributed by atoms with van der Waals surface area (Å²) in [5, 5.41) is 22.0. The van der Waals surface area contributed by atoms with E-state index in [1.165, 1.54) is 0 Å². The van der Waals surface area contributed by atoms with E-state index in [1.54, 1.807) is 18.3 Å². The van der Waals surface area contributed by atoms with E-state index in [-0.39, 0.29) is 35.5 Å². The van der Waals surface area contributed by atoms with Crippen molar-refractivity contribution in [2.24, 2.45) is 7.05 Å². The van der Waals surface area contributed by atoms with Crippen LogP contribution >= 0.6 is 0 Å². The topological polar surface area (TPSA) is 57.2 Å². The Bertz CT molecular complexity index is 1130. The number of phenolic OH excluding ortho intramolecular Hbond substituents is 2. The molecule has 0 saturated carbocycles. The van der Waals surface area contributed by atoms with Gasteiger partial charge in [0.2, 0.25) is 0 Å². The standard InChI is InChI=1S/C21H16N2O2.HI/c1-23-13-11-15(17-4-2-6-19(25)21(17)23)8-7-14-9-10-18(24)20-16(14)5-3-12-22-20;/h2-13,25H,1H3;1H. The van der Waals surface area contributed by atoms with E-state index >= 15 is 0 Å². The first kappa shape index (κ1) is 18.1. The molecule has 5 heteroatoms. The minimum atomic E-state index is 0. The van der Waals surface area contributed by atoms with Gasteiger partial charge >= 0.3 is 0 Å². The van der Waals surface area contributed by atoms with Crippen molar-refractivity contribution in [3.63, 3.8) is 0 Å². The van der Waals surface area contributed by atoms with E-state index in [0.717, 1.165) is 27.4 Å². The minimum absolute atomic E-state index is 0. The molecule has 0 spiro atoms. The van der Waals surface area contributed by atoms with Gasteiger partial charge < -0.3 is 34.2 Å². The number of aromatic hydroxyl groups is 2. The summed E-state index contributed by atoms with van der Waals surface area (Å²) in [5.41, 5.74) is 3.37. The number of benzene rings is 2. The lowest BCUT2D eigenvalue weighted by atomic mass is 10.0. The number of halogens is 1. The third-order valence-corrected chi connectivity index (χ3v) is 4.38. The summed E-state index contributed by atoms with van der Waals surface area (Å²) in [5.74, 6) is 0.435. The molecule has 0 unspecified atom stereocenters. The van der Waals surface area contributed by atoms with Crippen molar-refractivity contribution < 1.29 is 38.8 Å².